The highest BCUT2D eigenvalue weighted by Gasteiger charge is 2.29. The number of tetrazole rings is 1. The maximum Gasteiger partial charge on any atom is 0.258 e. The molecular weight excluding hydrogens is 614 g/mol. The van der Waals surface area contributed by atoms with E-state index in [0.717, 1.165) is 63.1 Å². The van der Waals surface area contributed by atoms with Crippen molar-refractivity contribution in [1.82, 2.24) is 54.6 Å². The highest BCUT2D eigenvalue weighted by molar-refractivity contribution is 5.67. The van der Waals surface area contributed by atoms with Crippen LogP contribution in [0.1, 0.15) is 44.2 Å². The SMILES string of the molecule is CC(Cn1cnnn1)Oc1cc(-c2cnc(Nc3cn(C4CCC(N5CCOCC5)CC4)nc3OCn3cccn3)nc2)ccc1C#N. The molecule has 1 atom stereocenters. The van der Waals surface area contributed by atoms with Crippen molar-refractivity contribution in [2.24, 2.45) is 0 Å². The highest BCUT2D eigenvalue weighted by atomic mass is 16.5. The molecule has 0 bridgehead atoms. The van der Waals surface area contributed by atoms with Gasteiger partial charge in [0.2, 0.25) is 5.95 Å². The van der Waals surface area contributed by atoms with Crippen LogP contribution in [0.5, 0.6) is 11.6 Å². The molecule has 1 N–H and O–H groups in total. The van der Waals surface area contributed by atoms with Gasteiger partial charge in [-0.3, -0.25) is 9.58 Å². The molecule has 16 nitrogen and oxygen atoms in total. The summed E-state index contributed by atoms with van der Waals surface area (Å²) in [6, 6.07) is 10.3. The molecule has 1 saturated heterocycles. The van der Waals surface area contributed by atoms with Crippen LogP contribution in [0.4, 0.5) is 11.6 Å². The molecular formula is C32H37N13O3. The molecule has 248 valence electrons. The van der Waals surface area contributed by atoms with Crippen molar-refractivity contribution in [2.75, 3.05) is 31.6 Å². The third kappa shape index (κ3) is 7.42. The van der Waals surface area contributed by atoms with Gasteiger partial charge in [0.25, 0.3) is 5.88 Å². The summed E-state index contributed by atoms with van der Waals surface area (Å²) >= 11 is 0. The zero-order valence-electron chi connectivity index (χ0n) is 26.7. The van der Waals surface area contributed by atoms with E-state index in [1.54, 1.807) is 34.0 Å². The molecule has 1 saturated carbocycles. The van der Waals surface area contributed by atoms with E-state index in [2.05, 4.69) is 46.9 Å². The first-order chi connectivity index (χ1) is 23.6. The lowest BCUT2D eigenvalue weighted by molar-refractivity contribution is 0.00501. The number of nitrogens with zero attached hydrogens (tertiary/aromatic N) is 12. The molecule has 4 aromatic heterocycles. The molecule has 48 heavy (non-hydrogen) atoms. The smallest absolute Gasteiger partial charge is 0.258 e. The fourth-order valence-electron chi connectivity index (χ4n) is 6.22. The number of benzene rings is 1. The topological polar surface area (TPSA) is 172 Å². The Morgan fingerprint density at radius 2 is 1.88 bits per heavy atom. The Morgan fingerprint density at radius 3 is 2.60 bits per heavy atom. The van der Waals surface area contributed by atoms with E-state index >= 15 is 0 Å². The maximum atomic E-state index is 9.66. The number of morpholine rings is 1. The molecule has 5 heterocycles. The predicted octanol–water partition coefficient (Wildman–Crippen LogP) is 3.46. The zero-order valence-corrected chi connectivity index (χ0v) is 26.7. The van der Waals surface area contributed by atoms with Gasteiger partial charge in [-0.05, 0) is 66.8 Å². The normalized spacial score (nSPS) is 19.0. The molecule has 7 rings (SSSR count). The van der Waals surface area contributed by atoms with Crippen LogP contribution in [0, 0.1) is 11.3 Å². The van der Waals surface area contributed by atoms with E-state index in [-0.39, 0.29) is 18.9 Å². The summed E-state index contributed by atoms with van der Waals surface area (Å²) in [6.07, 6.45) is 14.6. The van der Waals surface area contributed by atoms with Gasteiger partial charge in [0, 0.05) is 49.5 Å². The van der Waals surface area contributed by atoms with Crippen LogP contribution >= 0.6 is 0 Å². The van der Waals surface area contributed by atoms with E-state index in [9.17, 15) is 5.26 Å². The second kappa shape index (κ2) is 14.6. The van der Waals surface area contributed by atoms with E-state index in [4.69, 9.17) is 19.3 Å². The lowest BCUT2D eigenvalue weighted by Gasteiger charge is -2.38. The second-order valence-corrected chi connectivity index (χ2v) is 12.0. The van der Waals surface area contributed by atoms with Gasteiger partial charge >= 0.3 is 0 Å². The first-order valence-electron chi connectivity index (χ1n) is 16.1. The summed E-state index contributed by atoms with van der Waals surface area (Å²) in [6.45, 7) is 6.21. The Labute approximate surface area is 277 Å². The number of nitrogens with one attached hydrogen (secondary N) is 1. The van der Waals surface area contributed by atoms with Crippen molar-refractivity contribution >= 4 is 11.6 Å². The van der Waals surface area contributed by atoms with Crippen molar-refractivity contribution < 1.29 is 14.2 Å². The second-order valence-electron chi connectivity index (χ2n) is 12.0. The fraction of sp³-hybridized carbons (Fsp3) is 0.438. The van der Waals surface area contributed by atoms with Crippen LogP contribution in [-0.2, 0) is 18.0 Å². The van der Waals surface area contributed by atoms with E-state index in [0.29, 0.717) is 41.4 Å². The molecule has 2 aliphatic rings. The molecule has 5 aromatic rings. The number of anilines is 2. The summed E-state index contributed by atoms with van der Waals surface area (Å²) in [5.74, 6) is 1.32. The largest absolute Gasteiger partial charge is 0.487 e. The number of aromatic nitrogens is 10. The van der Waals surface area contributed by atoms with Gasteiger partial charge in [0.15, 0.2) is 6.73 Å². The van der Waals surface area contributed by atoms with E-state index in [1.165, 1.54) is 6.33 Å². The quantitative estimate of drug-likeness (QED) is 0.208. The maximum absolute atomic E-state index is 9.66. The van der Waals surface area contributed by atoms with Crippen LogP contribution in [0.2, 0.25) is 0 Å². The third-order valence-electron chi connectivity index (χ3n) is 8.69. The summed E-state index contributed by atoms with van der Waals surface area (Å²) < 4.78 is 23.1. The minimum absolute atomic E-state index is 0.222. The molecule has 1 unspecified atom stereocenters. The predicted molar refractivity (Wildman–Crippen MR) is 172 cm³/mol. The summed E-state index contributed by atoms with van der Waals surface area (Å²) in [7, 11) is 0. The van der Waals surface area contributed by atoms with Crippen molar-refractivity contribution in [3.63, 3.8) is 0 Å². The van der Waals surface area contributed by atoms with Crippen LogP contribution in [-0.4, -0.2) is 93.1 Å². The highest BCUT2D eigenvalue weighted by Crippen LogP contribution is 2.35. The zero-order chi connectivity index (χ0) is 32.7. The van der Waals surface area contributed by atoms with Gasteiger partial charge in [0.05, 0.1) is 37.6 Å². The van der Waals surface area contributed by atoms with E-state index in [1.807, 2.05) is 42.2 Å². The Hall–Kier alpha value is -5.40. The molecule has 1 aliphatic heterocycles. The number of hydrogen-bond donors (Lipinski definition) is 1. The number of hydrogen-bond acceptors (Lipinski definition) is 13. The monoisotopic (exact) mass is 651 g/mol. The minimum atomic E-state index is -0.274. The Morgan fingerprint density at radius 1 is 1.06 bits per heavy atom. The van der Waals surface area contributed by atoms with Gasteiger partial charge in [-0.1, -0.05) is 6.07 Å². The summed E-state index contributed by atoms with van der Waals surface area (Å²) in [5, 5.41) is 33.3. The van der Waals surface area contributed by atoms with Gasteiger partial charge in [-0.15, -0.1) is 10.2 Å². The first kappa shape index (κ1) is 31.2. The van der Waals surface area contributed by atoms with Crippen molar-refractivity contribution in [3.8, 4) is 28.8 Å². The van der Waals surface area contributed by atoms with Crippen LogP contribution in [0.3, 0.4) is 0 Å². The molecule has 0 spiro atoms. The molecule has 16 heteroatoms. The molecule has 1 aliphatic carbocycles. The third-order valence-corrected chi connectivity index (χ3v) is 8.69. The van der Waals surface area contributed by atoms with Crippen molar-refractivity contribution in [3.05, 3.63) is 67.1 Å². The first-order valence-corrected chi connectivity index (χ1v) is 16.1. The summed E-state index contributed by atoms with van der Waals surface area (Å²) in [5.41, 5.74) is 2.69. The minimum Gasteiger partial charge on any atom is -0.487 e. The van der Waals surface area contributed by atoms with Crippen molar-refractivity contribution in [2.45, 2.75) is 64.1 Å². The lowest BCUT2D eigenvalue weighted by atomic mass is 9.90. The van der Waals surface area contributed by atoms with Gasteiger partial charge < -0.3 is 19.5 Å². The molecule has 2 fully saturated rings. The van der Waals surface area contributed by atoms with Crippen LogP contribution in [0.25, 0.3) is 11.1 Å². The standard InChI is InChI=1S/C32H37N13O3/c1-23(19-44-21-36-40-41-44)48-30-15-24(3-4-25(30)16-33)26-17-34-32(35-18-26)38-29-20-45(39-31(29)47-22-43-10-2-9-37-43)28-7-5-27(6-8-28)42-11-13-46-14-12-42/h2-4,9-10,15,17-18,20-21,23,27-28H,5-8,11-14,19,22H2,1H3,(H,34,35,38). The molecule has 0 radical (unpaired) electrons. The molecule has 0 amide bonds. The van der Waals surface area contributed by atoms with Gasteiger partial charge in [-0.25, -0.2) is 19.3 Å². The van der Waals surface area contributed by atoms with Crippen LogP contribution < -0.4 is 14.8 Å². The number of rotatable bonds is 12. The number of ether oxygens (including phenoxy) is 3. The van der Waals surface area contributed by atoms with Gasteiger partial charge in [-0.2, -0.15) is 10.4 Å². The van der Waals surface area contributed by atoms with Crippen molar-refractivity contribution in [1.29, 1.82) is 5.26 Å². The van der Waals surface area contributed by atoms with E-state index < -0.39 is 0 Å². The average Bonchev–Trinajstić information content (AvgIpc) is 3.92. The Kier molecular flexibility index (Phi) is 9.48. The molecule has 1 aromatic carbocycles. The fourth-order valence-corrected chi connectivity index (χ4v) is 6.22. The van der Waals surface area contributed by atoms with Crippen LogP contribution in [0.15, 0.2) is 61.6 Å². The lowest BCUT2D eigenvalue weighted by Crippen LogP contribution is -2.45. The number of nitriles is 1. The average molecular weight is 652 g/mol. The summed E-state index contributed by atoms with van der Waals surface area (Å²) in [4.78, 5) is 11.7. The Balaban J connectivity index is 1.05. The van der Waals surface area contributed by atoms with Gasteiger partial charge in [0.1, 0.15) is 29.9 Å². The Bertz CT molecular complexity index is 1790.